The predicted molar refractivity (Wildman–Crippen MR) is 347 cm³/mol. The number of unbranched alkanes of at least 4 members (excludes halogenated alkanes) is 24. The van der Waals surface area contributed by atoms with Crippen LogP contribution in [0.4, 0.5) is 0 Å². The van der Waals surface area contributed by atoms with Crippen LogP contribution in [0.25, 0.3) is 86.2 Å². The molecule has 0 radical (unpaired) electrons. The van der Waals surface area contributed by atoms with E-state index >= 15 is 19.2 Å². The molecule has 426 valence electrons. The van der Waals surface area contributed by atoms with E-state index in [-0.39, 0.29) is 34.1 Å². The van der Waals surface area contributed by atoms with Crippen molar-refractivity contribution in [1.82, 2.24) is 9.13 Å². The SMILES string of the molecule is CCCCCCCCCCC(CCCCCCCC)Cn1c(=O)c2c3ccc4c5c(=O)n(CC(CCCCCCCC)CCCCCCCCCC)c(=O)c5c5c6ccccc6ccc5c4c3c3ccc4ccccc4c3c2c1=O. The van der Waals surface area contributed by atoms with Crippen molar-refractivity contribution in [2.75, 3.05) is 0 Å². The van der Waals surface area contributed by atoms with E-state index in [9.17, 15) is 0 Å². The third-order valence-corrected chi connectivity index (χ3v) is 18.7. The van der Waals surface area contributed by atoms with Crippen molar-refractivity contribution in [1.29, 1.82) is 0 Å². The van der Waals surface area contributed by atoms with E-state index in [1.165, 1.54) is 154 Å². The molecule has 2 heterocycles. The molecule has 0 aliphatic rings. The van der Waals surface area contributed by atoms with Crippen LogP contribution in [-0.4, -0.2) is 9.13 Å². The van der Waals surface area contributed by atoms with Crippen LogP contribution in [0.5, 0.6) is 0 Å². The predicted octanol–water partition coefficient (Wildman–Crippen LogP) is 20.6. The van der Waals surface area contributed by atoms with Gasteiger partial charge in [0.2, 0.25) is 0 Å². The second-order valence-corrected chi connectivity index (χ2v) is 24.6. The Morgan fingerprint density at radius 2 is 0.512 bits per heavy atom. The molecule has 80 heavy (non-hydrogen) atoms. The van der Waals surface area contributed by atoms with Crippen molar-refractivity contribution >= 4 is 86.2 Å². The van der Waals surface area contributed by atoms with Crippen molar-refractivity contribution < 1.29 is 0 Å². The molecule has 2 unspecified atom stereocenters. The first-order chi connectivity index (χ1) is 39.3. The number of nitrogens with zero attached hydrogens (tertiary/aromatic N) is 2. The number of aromatic nitrogens is 2. The Hall–Kier alpha value is -5.62. The molecule has 6 heteroatoms. The third kappa shape index (κ3) is 13.2. The zero-order valence-electron chi connectivity index (χ0n) is 49.8. The zero-order valence-corrected chi connectivity index (χ0v) is 49.8. The van der Waals surface area contributed by atoms with Crippen LogP contribution < -0.4 is 22.2 Å². The van der Waals surface area contributed by atoms with E-state index in [1.54, 1.807) is 9.13 Å². The molecule has 6 nitrogen and oxygen atoms in total. The summed E-state index contributed by atoms with van der Waals surface area (Å²) in [4.78, 5) is 62.1. The molecule has 7 aromatic carbocycles. The Labute approximate surface area is 477 Å². The summed E-state index contributed by atoms with van der Waals surface area (Å²) in [6.45, 7) is 9.91. The van der Waals surface area contributed by atoms with Gasteiger partial charge in [0.15, 0.2) is 0 Å². The average Bonchev–Trinajstić information content (AvgIpc) is 2.12. The smallest absolute Gasteiger partial charge is 0.262 e. The highest BCUT2D eigenvalue weighted by Gasteiger charge is 2.28. The van der Waals surface area contributed by atoms with Gasteiger partial charge in [-0.3, -0.25) is 28.3 Å². The van der Waals surface area contributed by atoms with Gasteiger partial charge in [-0.1, -0.05) is 292 Å². The van der Waals surface area contributed by atoms with E-state index in [2.05, 4.69) is 76.2 Å². The minimum atomic E-state index is -0.214. The van der Waals surface area contributed by atoms with Crippen molar-refractivity contribution in [3.63, 3.8) is 0 Å². The highest BCUT2D eigenvalue weighted by Crippen LogP contribution is 2.45. The maximum Gasteiger partial charge on any atom is 0.262 e. The van der Waals surface area contributed by atoms with Crippen LogP contribution in [0.1, 0.15) is 233 Å². The van der Waals surface area contributed by atoms with Crippen molar-refractivity contribution in [3.05, 3.63) is 126 Å². The molecular formula is C74H96N2O4. The van der Waals surface area contributed by atoms with Gasteiger partial charge in [-0.05, 0) is 91.4 Å². The van der Waals surface area contributed by atoms with Gasteiger partial charge in [-0.15, -0.1) is 0 Å². The van der Waals surface area contributed by atoms with Gasteiger partial charge in [0.05, 0.1) is 21.5 Å². The van der Waals surface area contributed by atoms with E-state index < -0.39 is 0 Å². The largest absolute Gasteiger partial charge is 0.274 e. The summed E-state index contributed by atoms with van der Waals surface area (Å²) in [6.07, 6.45) is 38.6. The van der Waals surface area contributed by atoms with Crippen molar-refractivity contribution in [3.8, 4) is 0 Å². The lowest BCUT2D eigenvalue weighted by molar-refractivity contribution is 0.351. The summed E-state index contributed by atoms with van der Waals surface area (Å²) in [6, 6.07) is 29.1. The molecular weight excluding hydrogens is 981 g/mol. The van der Waals surface area contributed by atoms with Crippen LogP contribution in [0.15, 0.2) is 104 Å². The maximum atomic E-state index is 15.6. The fourth-order valence-corrected chi connectivity index (χ4v) is 14.3. The summed E-state index contributed by atoms with van der Waals surface area (Å²) < 4.78 is 3.23. The van der Waals surface area contributed by atoms with Gasteiger partial charge >= 0.3 is 0 Å². The average molecular weight is 1080 g/mol. The van der Waals surface area contributed by atoms with Crippen molar-refractivity contribution in [2.45, 2.75) is 246 Å². The maximum absolute atomic E-state index is 15.6. The van der Waals surface area contributed by atoms with Crippen LogP contribution >= 0.6 is 0 Å². The second kappa shape index (κ2) is 29.4. The number of benzene rings is 7. The van der Waals surface area contributed by atoms with Gasteiger partial charge in [0, 0.05) is 23.9 Å². The molecule has 2 aromatic heterocycles. The molecule has 9 rings (SSSR count). The molecule has 0 N–H and O–H groups in total. The number of hydrogen-bond donors (Lipinski definition) is 0. The fraction of sp³-hybridized carbons (Fsp3) is 0.541. The molecule has 0 bridgehead atoms. The summed E-state index contributed by atoms with van der Waals surface area (Å²) in [5, 5.41) is 12.4. The lowest BCUT2D eigenvalue weighted by atomic mass is 9.86. The number of fused-ring (bicyclic) bond motifs is 17. The monoisotopic (exact) mass is 1080 g/mol. The molecule has 0 spiro atoms. The number of rotatable bonds is 36. The Kier molecular flexibility index (Phi) is 21.7. The lowest BCUT2D eigenvalue weighted by Crippen LogP contribution is -2.29. The quantitative estimate of drug-likeness (QED) is 0.0290. The summed E-state index contributed by atoms with van der Waals surface area (Å²) in [7, 11) is 0. The summed E-state index contributed by atoms with van der Waals surface area (Å²) >= 11 is 0. The molecule has 0 saturated carbocycles. The molecule has 2 atom stereocenters. The Balaban J connectivity index is 1.20. The summed E-state index contributed by atoms with van der Waals surface area (Å²) in [5.74, 6) is 0.464. The highest BCUT2D eigenvalue weighted by atomic mass is 16.2. The van der Waals surface area contributed by atoms with Gasteiger partial charge in [-0.2, -0.15) is 0 Å². The first kappa shape index (κ1) is 59.0. The molecule has 0 aliphatic carbocycles. The molecule has 0 fully saturated rings. The van der Waals surface area contributed by atoms with Gasteiger partial charge in [0.1, 0.15) is 0 Å². The Morgan fingerprint density at radius 3 is 0.838 bits per heavy atom. The van der Waals surface area contributed by atoms with Crippen LogP contribution in [0.2, 0.25) is 0 Å². The minimum absolute atomic E-state index is 0.194. The van der Waals surface area contributed by atoms with Gasteiger partial charge in [0.25, 0.3) is 22.2 Å². The van der Waals surface area contributed by atoms with E-state index in [1.807, 2.05) is 36.4 Å². The van der Waals surface area contributed by atoms with Crippen LogP contribution in [-0.2, 0) is 13.1 Å². The highest BCUT2D eigenvalue weighted by molar-refractivity contribution is 6.42. The van der Waals surface area contributed by atoms with E-state index in [4.69, 9.17) is 0 Å². The van der Waals surface area contributed by atoms with Crippen molar-refractivity contribution in [2.24, 2.45) is 11.8 Å². The molecule has 0 saturated heterocycles. The molecule has 9 aromatic rings. The molecule has 0 aliphatic heterocycles. The Bertz CT molecular complexity index is 3460. The Morgan fingerprint density at radius 1 is 0.263 bits per heavy atom. The first-order valence-electron chi connectivity index (χ1n) is 32.8. The normalized spacial score (nSPS) is 13.1. The number of hydrogen-bond acceptors (Lipinski definition) is 4. The first-order valence-corrected chi connectivity index (χ1v) is 32.8. The summed E-state index contributed by atoms with van der Waals surface area (Å²) in [5.41, 5.74) is -0.814. The fourth-order valence-electron chi connectivity index (χ4n) is 14.3. The molecule has 0 amide bonds. The van der Waals surface area contributed by atoms with Crippen LogP contribution in [0, 0.1) is 11.8 Å². The zero-order chi connectivity index (χ0) is 55.8. The van der Waals surface area contributed by atoms with E-state index in [0.717, 1.165) is 116 Å². The topological polar surface area (TPSA) is 78.1 Å². The van der Waals surface area contributed by atoms with E-state index in [0.29, 0.717) is 34.6 Å². The standard InChI is InChI=1S/C74H96N2O4/c1-5-9-13-17-21-23-27-31-39-53(37-29-25-19-15-11-7-3)51-75-71(77)67-61-49-50-62-66(65(61)59-47-45-55-41-33-35-43-57(55)63(59)69(67)73(75)79)60-48-46-56-42-34-36-44-58(56)64(60)70-68(62)72(78)76(74(70)80)52-54(38-30-26-20-16-12-8-4)40-32-28-24-22-18-14-10-6-2/h33-36,41-50,53-54H,5-32,37-40,51-52H2,1-4H3. The lowest BCUT2D eigenvalue weighted by Gasteiger charge is -2.17. The minimum Gasteiger partial charge on any atom is -0.274 e. The van der Waals surface area contributed by atoms with Gasteiger partial charge in [-0.25, -0.2) is 0 Å². The van der Waals surface area contributed by atoms with Gasteiger partial charge < -0.3 is 0 Å². The third-order valence-electron chi connectivity index (χ3n) is 18.7. The second-order valence-electron chi connectivity index (χ2n) is 24.6. The van der Waals surface area contributed by atoms with Crippen LogP contribution in [0.3, 0.4) is 0 Å².